The van der Waals surface area contributed by atoms with E-state index < -0.39 is 9.70 Å². The van der Waals surface area contributed by atoms with Crippen LogP contribution in [0.3, 0.4) is 0 Å². The van der Waals surface area contributed by atoms with E-state index in [1.807, 2.05) is 0 Å². The first-order valence-electron chi connectivity index (χ1n) is 3.74. The molecule has 16 heavy (non-hydrogen) atoms. The zero-order chi connectivity index (χ0) is 12.5. The van der Waals surface area contributed by atoms with Crippen molar-refractivity contribution in [2.75, 3.05) is 5.32 Å². The molecule has 0 aliphatic heterocycles. The Kier molecular flexibility index (Phi) is 5.24. The van der Waals surface area contributed by atoms with Crippen LogP contribution in [0.1, 0.15) is 0 Å². The summed E-state index contributed by atoms with van der Waals surface area (Å²) in [5.41, 5.74) is 0.445. The fourth-order valence-electron chi connectivity index (χ4n) is 0.846. The van der Waals surface area contributed by atoms with E-state index in [2.05, 4.69) is 37.2 Å². The molecule has 1 rings (SSSR count). The van der Waals surface area contributed by atoms with Crippen molar-refractivity contribution in [3.05, 3.63) is 26.1 Å². The predicted molar refractivity (Wildman–Crippen MR) is 75.8 cm³/mol. The summed E-state index contributed by atoms with van der Waals surface area (Å²) in [4.78, 5) is 11.4. The molecular formula is C8H3Br2Cl4NO. The minimum absolute atomic E-state index is 0.445. The van der Waals surface area contributed by atoms with Crippen LogP contribution in [-0.2, 0) is 4.79 Å². The largest absolute Gasteiger partial charge is 0.320 e. The molecule has 0 saturated carbocycles. The summed E-state index contributed by atoms with van der Waals surface area (Å²) in [5, 5.41) is 2.96. The molecular weight excluding hydrogens is 428 g/mol. The summed E-state index contributed by atoms with van der Waals surface area (Å²) in [5.74, 6) is -0.749. The molecule has 1 amide bonds. The molecule has 0 bridgehead atoms. The van der Waals surface area contributed by atoms with Crippen molar-refractivity contribution in [2.45, 2.75) is 3.79 Å². The highest BCUT2D eigenvalue weighted by molar-refractivity contribution is 9.11. The molecule has 0 spiro atoms. The highest BCUT2D eigenvalue weighted by atomic mass is 79.9. The van der Waals surface area contributed by atoms with Crippen molar-refractivity contribution in [2.24, 2.45) is 0 Å². The maximum Gasteiger partial charge on any atom is 0.276 e. The molecule has 2 nitrogen and oxygen atoms in total. The molecule has 0 fully saturated rings. The average Bonchev–Trinajstić information content (AvgIpc) is 2.08. The van der Waals surface area contributed by atoms with Crippen LogP contribution in [0.25, 0.3) is 0 Å². The van der Waals surface area contributed by atoms with Crippen LogP contribution < -0.4 is 5.32 Å². The lowest BCUT2D eigenvalue weighted by molar-refractivity contribution is -0.115. The number of hydrogen-bond donors (Lipinski definition) is 1. The fourth-order valence-corrected chi connectivity index (χ4v) is 2.85. The van der Waals surface area contributed by atoms with E-state index >= 15 is 0 Å². The SMILES string of the molecule is O=C(Nc1c(Br)cc(Cl)cc1Br)C(Cl)(Cl)Cl. The van der Waals surface area contributed by atoms with Gasteiger partial charge in [-0.1, -0.05) is 46.4 Å². The molecule has 0 aliphatic rings. The Bertz CT molecular complexity index is 410. The van der Waals surface area contributed by atoms with Gasteiger partial charge in [0, 0.05) is 14.0 Å². The van der Waals surface area contributed by atoms with Crippen LogP contribution in [-0.4, -0.2) is 9.70 Å². The Morgan fingerprint density at radius 3 is 2.00 bits per heavy atom. The van der Waals surface area contributed by atoms with Gasteiger partial charge in [-0.3, -0.25) is 4.79 Å². The zero-order valence-corrected chi connectivity index (χ0v) is 13.5. The predicted octanol–water partition coefficient (Wildman–Crippen LogP) is 5.17. The molecule has 0 saturated heterocycles. The smallest absolute Gasteiger partial charge is 0.276 e. The summed E-state index contributed by atoms with van der Waals surface area (Å²) in [6, 6.07) is 3.22. The van der Waals surface area contributed by atoms with Crippen LogP contribution in [0.15, 0.2) is 21.1 Å². The molecule has 1 aromatic rings. The Labute approximate surface area is 129 Å². The van der Waals surface area contributed by atoms with Gasteiger partial charge in [-0.2, -0.15) is 0 Å². The Hall–Kier alpha value is 0.810. The minimum Gasteiger partial charge on any atom is -0.320 e. The first kappa shape index (κ1) is 14.9. The molecule has 0 atom stereocenters. The molecule has 1 N–H and O–H groups in total. The summed E-state index contributed by atoms with van der Waals surface area (Å²) in [7, 11) is 0. The van der Waals surface area contributed by atoms with Crippen molar-refractivity contribution in [3.8, 4) is 0 Å². The van der Waals surface area contributed by atoms with Crippen LogP contribution in [0, 0.1) is 0 Å². The van der Waals surface area contributed by atoms with Crippen LogP contribution in [0.5, 0.6) is 0 Å². The Morgan fingerprint density at radius 1 is 1.19 bits per heavy atom. The van der Waals surface area contributed by atoms with Gasteiger partial charge in [-0.05, 0) is 44.0 Å². The van der Waals surface area contributed by atoms with Crippen LogP contribution in [0.2, 0.25) is 5.02 Å². The molecule has 0 aliphatic carbocycles. The Balaban J connectivity index is 3.03. The lowest BCUT2D eigenvalue weighted by atomic mass is 10.3. The number of benzene rings is 1. The van der Waals surface area contributed by atoms with Crippen LogP contribution >= 0.6 is 78.3 Å². The number of halogens is 6. The maximum atomic E-state index is 11.4. The van der Waals surface area contributed by atoms with Crippen molar-refractivity contribution in [1.29, 1.82) is 0 Å². The van der Waals surface area contributed by atoms with E-state index in [4.69, 9.17) is 46.4 Å². The maximum absolute atomic E-state index is 11.4. The molecule has 0 heterocycles. The second-order valence-electron chi connectivity index (χ2n) is 2.70. The van der Waals surface area contributed by atoms with Crippen molar-refractivity contribution in [3.63, 3.8) is 0 Å². The summed E-state index contributed by atoms with van der Waals surface area (Å²) in [6.07, 6.45) is 0. The summed E-state index contributed by atoms with van der Waals surface area (Å²) < 4.78 is -0.859. The summed E-state index contributed by atoms with van der Waals surface area (Å²) >= 11 is 28.6. The quantitative estimate of drug-likeness (QED) is 0.612. The third-order valence-electron chi connectivity index (χ3n) is 1.50. The number of anilines is 1. The molecule has 1 aromatic carbocycles. The number of carbonyl (C=O) groups is 1. The number of nitrogens with one attached hydrogen (secondary N) is 1. The summed E-state index contributed by atoms with van der Waals surface area (Å²) in [6.45, 7) is 0. The molecule has 0 radical (unpaired) electrons. The Morgan fingerprint density at radius 2 is 1.62 bits per heavy atom. The fraction of sp³-hybridized carbons (Fsp3) is 0.125. The minimum atomic E-state index is -2.02. The lowest BCUT2D eigenvalue weighted by Crippen LogP contribution is -2.27. The number of amides is 1. The standard InChI is InChI=1S/C8H3Br2Cl4NO/c9-4-1-3(11)2-5(10)6(4)15-7(16)8(12,13)14/h1-2H,(H,15,16). The molecule has 88 valence electrons. The van der Waals surface area contributed by atoms with Crippen molar-refractivity contribution >= 4 is 89.9 Å². The van der Waals surface area contributed by atoms with Gasteiger partial charge in [0.2, 0.25) is 0 Å². The van der Waals surface area contributed by atoms with Gasteiger partial charge in [0.05, 0.1) is 5.69 Å². The molecule has 8 heteroatoms. The van der Waals surface area contributed by atoms with Gasteiger partial charge in [0.1, 0.15) is 0 Å². The van der Waals surface area contributed by atoms with Gasteiger partial charge in [-0.25, -0.2) is 0 Å². The van der Waals surface area contributed by atoms with Crippen molar-refractivity contribution < 1.29 is 4.79 Å². The van der Waals surface area contributed by atoms with Gasteiger partial charge < -0.3 is 5.32 Å². The normalized spacial score (nSPS) is 11.4. The second-order valence-corrected chi connectivity index (χ2v) is 7.12. The highest BCUT2D eigenvalue weighted by Gasteiger charge is 2.31. The van der Waals surface area contributed by atoms with E-state index in [1.54, 1.807) is 12.1 Å². The van der Waals surface area contributed by atoms with Gasteiger partial charge in [0.25, 0.3) is 9.70 Å². The van der Waals surface area contributed by atoms with Gasteiger partial charge in [0.15, 0.2) is 0 Å². The topological polar surface area (TPSA) is 29.1 Å². The van der Waals surface area contributed by atoms with E-state index in [1.165, 1.54) is 0 Å². The zero-order valence-electron chi connectivity index (χ0n) is 7.33. The van der Waals surface area contributed by atoms with E-state index in [0.29, 0.717) is 19.7 Å². The highest BCUT2D eigenvalue weighted by Crippen LogP contribution is 2.36. The third kappa shape index (κ3) is 3.93. The van der Waals surface area contributed by atoms with E-state index in [9.17, 15) is 4.79 Å². The lowest BCUT2D eigenvalue weighted by Gasteiger charge is -2.14. The second kappa shape index (κ2) is 5.63. The first-order valence-corrected chi connectivity index (χ1v) is 6.84. The van der Waals surface area contributed by atoms with Crippen molar-refractivity contribution in [1.82, 2.24) is 0 Å². The molecule has 0 aromatic heterocycles. The number of hydrogen-bond acceptors (Lipinski definition) is 1. The van der Waals surface area contributed by atoms with E-state index in [0.717, 1.165) is 0 Å². The van der Waals surface area contributed by atoms with Gasteiger partial charge in [-0.15, -0.1) is 0 Å². The number of alkyl halides is 3. The van der Waals surface area contributed by atoms with E-state index in [-0.39, 0.29) is 0 Å². The first-order chi connectivity index (χ1) is 7.21. The third-order valence-corrected chi connectivity index (χ3v) is 3.49. The number of carbonyl (C=O) groups excluding carboxylic acids is 1. The van der Waals surface area contributed by atoms with Gasteiger partial charge >= 0.3 is 0 Å². The average molecular weight is 431 g/mol. The number of rotatable bonds is 1. The van der Waals surface area contributed by atoms with Crippen LogP contribution in [0.4, 0.5) is 5.69 Å². The monoisotopic (exact) mass is 427 g/mol. The molecule has 0 unspecified atom stereocenters.